The van der Waals surface area contributed by atoms with E-state index < -0.39 is 0 Å². The zero-order valence-corrected chi connectivity index (χ0v) is 9.21. The molecule has 0 rings (SSSR count). The molecule has 0 aromatic heterocycles. The van der Waals surface area contributed by atoms with Crippen LogP contribution in [0.5, 0.6) is 0 Å². The Hall–Kier alpha value is -1.38. The second-order valence-corrected chi connectivity index (χ2v) is 3.48. The van der Waals surface area contributed by atoms with Crippen LogP contribution in [0.25, 0.3) is 20.9 Å². The zero-order chi connectivity index (χ0) is 11.4. The number of hydrogen-bond acceptors (Lipinski definition) is 2. The molecule has 0 fully saturated rings. The van der Waals surface area contributed by atoms with Gasteiger partial charge in [0.05, 0.1) is 0 Å². The lowest BCUT2D eigenvalue weighted by Crippen LogP contribution is -2.07. The molecule has 0 aromatic carbocycles. The van der Waals surface area contributed by atoms with Gasteiger partial charge in [-0.25, -0.2) is 0 Å². The Morgan fingerprint density at radius 1 is 1.07 bits per heavy atom. The molecule has 84 valence electrons. The van der Waals surface area contributed by atoms with E-state index in [0.717, 1.165) is 19.3 Å². The fraction of sp³-hybridized carbons (Fsp3) is 1.00. The zero-order valence-electron chi connectivity index (χ0n) is 9.21. The van der Waals surface area contributed by atoms with Gasteiger partial charge in [-0.15, -0.1) is 0 Å². The fourth-order valence-electron chi connectivity index (χ4n) is 1.37. The Labute approximate surface area is 89.9 Å². The van der Waals surface area contributed by atoms with Crippen molar-refractivity contribution in [2.75, 3.05) is 6.54 Å². The van der Waals surface area contributed by atoms with E-state index in [1.54, 1.807) is 0 Å². The van der Waals surface area contributed by atoms with Crippen LogP contribution in [0.15, 0.2) is 10.2 Å². The average molecular weight is 210 g/mol. The standard InChI is InChI=1S/C9H18N6/c1-2-3-4-5-6-7-9(13-15-11)8-12-14-10/h9H,2-8H2,1H3. The largest absolute Gasteiger partial charge is 0.0936 e. The van der Waals surface area contributed by atoms with E-state index in [4.69, 9.17) is 11.1 Å². The van der Waals surface area contributed by atoms with Crippen molar-refractivity contribution in [1.82, 2.24) is 0 Å². The van der Waals surface area contributed by atoms with Gasteiger partial charge in [0, 0.05) is 22.4 Å². The third-order valence-corrected chi connectivity index (χ3v) is 2.21. The summed E-state index contributed by atoms with van der Waals surface area (Å²) in [6, 6.07) is -0.174. The summed E-state index contributed by atoms with van der Waals surface area (Å²) in [6.45, 7) is 2.44. The van der Waals surface area contributed by atoms with Crippen LogP contribution >= 0.6 is 0 Å². The van der Waals surface area contributed by atoms with E-state index in [-0.39, 0.29) is 12.6 Å². The van der Waals surface area contributed by atoms with Crippen molar-refractivity contribution in [1.29, 1.82) is 0 Å². The summed E-state index contributed by atoms with van der Waals surface area (Å²) in [6.07, 6.45) is 6.70. The first-order valence-corrected chi connectivity index (χ1v) is 5.40. The van der Waals surface area contributed by atoms with Crippen LogP contribution in [0, 0.1) is 0 Å². The van der Waals surface area contributed by atoms with E-state index >= 15 is 0 Å². The minimum atomic E-state index is -0.174. The maximum Gasteiger partial charge on any atom is 0.0429 e. The quantitative estimate of drug-likeness (QED) is 0.234. The Kier molecular flexibility index (Phi) is 9.71. The monoisotopic (exact) mass is 210 g/mol. The topological polar surface area (TPSA) is 97.5 Å². The summed E-state index contributed by atoms with van der Waals surface area (Å²) in [5.74, 6) is 0. The van der Waals surface area contributed by atoms with E-state index in [1.807, 2.05) is 0 Å². The minimum Gasteiger partial charge on any atom is -0.0936 e. The van der Waals surface area contributed by atoms with E-state index in [1.165, 1.54) is 19.3 Å². The molecule has 1 unspecified atom stereocenters. The molecule has 1 atom stereocenters. The predicted molar refractivity (Wildman–Crippen MR) is 60.3 cm³/mol. The number of hydrogen-bond donors (Lipinski definition) is 0. The molecule has 0 spiro atoms. The molecule has 0 aliphatic carbocycles. The Morgan fingerprint density at radius 3 is 2.40 bits per heavy atom. The van der Waals surface area contributed by atoms with Gasteiger partial charge in [-0.2, -0.15) is 0 Å². The van der Waals surface area contributed by atoms with Crippen LogP contribution in [-0.2, 0) is 0 Å². The highest BCUT2D eigenvalue weighted by atomic mass is 15.2. The number of azide groups is 2. The molecule has 0 aliphatic rings. The molecule has 6 heteroatoms. The van der Waals surface area contributed by atoms with Crippen LogP contribution < -0.4 is 0 Å². The van der Waals surface area contributed by atoms with Gasteiger partial charge in [-0.1, -0.05) is 49.3 Å². The van der Waals surface area contributed by atoms with E-state index in [2.05, 4.69) is 27.0 Å². The lowest BCUT2D eigenvalue weighted by Gasteiger charge is -2.06. The molecule has 15 heavy (non-hydrogen) atoms. The fourth-order valence-corrected chi connectivity index (χ4v) is 1.37. The van der Waals surface area contributed by atoms with Gasteiger partial charge >= 0.3 is 0 Å². The summed E-state index contributed by atoms with van der Waals surface area (Å²) in [5.41, 5.74) is 16.4. The smallest absolute Gasteiger partial charge is 0.0429 e. The van der Waals surface area contributed by atoms with Crippen molar-refractivity contribution in [3.8, 4) is 0 Å². The van der Waals surface area contributed by atoms with Gasteiger partial charge < -0.3 is 0 Å². The van der Waals surface area contributed by atoms with Crippen molar-refractivity contribution >= 4 is 0 Å². The normalized spacial score (nSPS) is 11.3. The molecule has 0 amide bonds. The first-order chi connectivity index (χ1) is 7.35. The van der Waals surface area contributed by atoms with E-state index in [0.29, 0.717) is 0 Å². The van der Waals surface area contributed by atoms with Crippen molar-refractivity contribution in [2.45, 2.75) is 51.5 Å². The lowest BCUT2D eigenvalue weighted by molar-refractivity contribution is 0.543. The molecule has 0 heterocycles. The lowest BCUT2D eigenvalue weighted by atomic mass is 10.1. The third-order valence-electron chi connectivity index (χ3n) is 2.21. The highest BCUT2D eigenvalue weighted by Gasteiger charge is 2.03. The second kappa shape index (κ2) is 10.7. The SMILES string of the molecule is CCCCCCCC(CN=[N+]=[N-])N=[N+]=[N-]. The maximum atomic E-state index is 8.30. The molecular formula is C9H18N6. The van der Waals surface area contributed by atoms with Gasteiger partial charge in [-0.05, 0) is 17.5 Å². The van der Waals surface area contributed by atoms with Gasteiger partial charge in [-0.3, -0.25) is 0 Å². The summed E-state index contributed by atoms with van der Waals surface area (Å²) in [4.78, 5) is 5.40. The number of unbranched alkanes of at least 4 members (excludes halogenated alkanes) is 4. The summed E-state index contributed by atoms with van der Waals surface area (Å²) < 4.78 is 0. The molecule has 6 nitrogen and oxygen atoms in total. The highest BCUT2D eigenvalue weighted by Crippen LogP contribution is 2.10. The molecule has 0 aromatic rings. The summed E-state index contributed by atoms with van der Waals surface area (Å²) >= 11 is 0. The van der Waals surface area contributed by atoms with Crippen molar-refractivity contribution in [2.24, 2.45) is 10.2 Å². The maximum absolute atomic E-state index is 8.30. The predicted octanol–water partition coefficient (Wildman–Crippen LogP) is 4.34. The minimum absolute atomic E-state index is 0.174. The van der Waals surface area contributed by atoms with Crippen LogP contribution in [-0.4, -0.2) is 12.6 Å². The third kappa shape index (κ3) is 8.94. The molecule has 0 N–H and O–H groups in total. The van der Waals surface area contributed by atoms with Crippen LogP contribution in [0.1, 0.15) is 45.4 Å². The second-order valence-electron chi connectivity index (χ2n) is 3.48. The van der Waals surface area contributed by atoms with Crippen LogP contribution in [0.4, 0.5) is 0 Å². The Bertz CT molecular complexity index is 239. The van der Waals surface area contributed by atoms with Crippen LogP contribution in [0.3, 0.4) is 0 Å². The molecule has 0 bridgehead atoms. The van der Waals surface area contributed by atoms with Crippen LogP contribution in [0.2, 0.25) is 0 Å². The molecule has 0 saturated carbocycles. The Balaban J connectivity index is 3.65. The first kappa shape index (κ1) is 13.6. The Morgan fingerprint density at radius 2 is 1.80 bits per heavy atom. The molecule has 0 aliphatic heterocycles. The highest BCUT2D eigenvalue weighted by molar-refractivity contribution is 4.70. The van der Waals surface area contributed by atoms with Crippen molar-refractivity contribution in [3.05, 3.63) is 20.9 Å². The van der Waals surface area contributed by atoms with Gasteiger partial charge in [0.1, 0.15) is 0 Å². The summed E-state index contributed by atoms with van der Waals surface area (Å²) in [7, 11) is 0. The summed E-state index contributed by atoms with van der Waals surface area (Å²) in [5, 5.41) is 7.02. The molecular weight excluding hydrogens is 192 g/mol. The van der Waals surface area contributed by atoms with Crippen molar-refractivity contribution in [3.63, 3.8) is 0 Å². The first-order valence-electron chi connectivity index (χ1n) is 5.40. The average Bonchev–Trinajstić information content (AvgIpc) is 2.25. The molecule has 0 saturated heterocycles. The van der Waals surface area contributed by atoms with E-state index in [9.17, 15) is 0 Å². The van der Waals surface area contributed by atoms with Gasteiger partial charge in [0.15, 0.2) is 0 Å². The number of rotatable bonds is 9. The van der Waals surface area contributed by atoms with Gasteiger partial charge in [0.2, 0.25) is 0 Å². The molecule has 0 radical (unpaired) electrons. The van der Waals surface area contributed by atoms with Crippen molar-refractivity contribution < 1.29 is 0 Å². The number of nitrogens with zero attached hydrogens (tertiary/aromatic N) is 6. The van der Waals surface area contributed by atoms with Gasteiger partial charge in [0.25, 0.3) is 0 Å².